The third kappa shape index (κ3) is 4.58. The Morgan fingerprint density at radius 1 is 1.11 bits per heavy atom. The van der Waals surface area contributed by atoms with Crippen molar-refractivity contribution in [3.63, 3.8) is 0 Å². The summed E-state index contributed by atoms with van der Waals surface area (Å²) in [4.78, 5) is 17.1. The highest BCUT2D eigenvalue weighted by molar-refractivity contribution is 7.17. The number of nitrogens with one attached hydrogen (secondary N) is 2. The Hall–Kier alpha value is -2.58. The molecule has 0 fully saturated rings. The van der Waals surface area contributed by atoms with Crippen LogP contribution >= 0.6 is 22.9 Å². The second-order valence-electron chi connectivity index (χ2n) is 5.57. The van der Waals surface area contributed by atoms with Gasteiger partial charge in [-0.05, 0) is 37.3 Å². The number of hydrogen-bond acceptors (Lipinski definition) is 4. The summed E-state index contributed by atoms with van der Waals surface area (Å²) in [5, 5.41) is 5.63. The van der Waals surface area contributed by atoms with Gasteiger partial charge in [0.05, 0.1) is 16.3 Å². The normalized spacial score (nSPS) is 11.3. The minimum absolute atomic E-state index is 0.00194. The number of alkyl halides is 3. The third-order valence-electron chi connectivity index (χ3n) is 3.56. The van der Waals surface area contributed by atoms with E-state index in [0.29, 0.717) is 15.7 Å². The minimum Gasteiger partial charge on any atom is -0.332 e. The monoisotopic (exact) mass is 411 g/mol. The molecule has 140 valence electrons. The molecule has 1 amide bonds. The molecular formula is C18H13ClF3N3OS. The van der Waals surface area contributed by atoms with Gasteiger partial charge in [-0.15, -0.1) is 0 Å². The number of aromatic nitrogens is 1. The molecular weight excluding hydrogens is 399 g/mol. The van der Waals surface area contributed by atoms with Crippen molar-refractivity contribution in [1.29, 1.82) is 0 Å². The van der Waals surface area contributed by atoms with Crippen molar-refractivity contribution in [3.05, 3.63) is 69.7 Å². The Morgan fingerprint density at radius 3 is 2.48 bits per heavy atom. The zero-order valence-electron chi connectivity index (χ0n) is 13.9. The molecule has 2 aromatic carbocycles. The van der Waals surface area contributed by atoms with Gasteiger partial charge in [-0.2, -0.15) is 13.2 Å². The number of carbonyl (C=O) groups is 1. The molecule has 0 spiro atoms. The first-order chi connectivity index (χ1) is 12.7. The molecule has 0 saturated carbocycles. The Labute approximate surface area is 162 Å². The van der Waals surface area contributed by atoms with Crippen LogP contribution in [0.25, 0.3) is 0 Å². The molecule has 1 aromatic heterocycles. The molecule has 2 N–H and O–H groups in total. The maximum Gasteiger partial charge on any atom is 0.417 e. The van der Waals surface area contributed by atoms with Crippen molar-refractivity contribution < 1.29 is 18.0 Å². The molecule has 1 heterocycles. The lowest BCUT2D eigenvalue weighted by Crippen LogP contribution is -2.13. The lowest BCUT2D eigenvalue weighted by Gasteiger charge is -2.11. The molecule has 0 radical (unpaired) electrons. The van der Waals surface area contributed by atoms with Crippen LogP contribution in [-0.2, 0) is 6.18 Å². The van der Waals surface area contributed by atoms with Crippen LogP contribution in [0.15, 0.2) is 48.5 Å². The van der Waals surface area contributed by atoms with Gasteiger partial charge in [-0.3, -0.25) is 4.79 Å². The standard InChI is InChI=1S/C18H13ClF3N3OS/c1-10-15(27-17(23-10)25-11-5-3-2-4-6-11)16(26)24-12-7-8-14(19)13(9-12)18(20,21)22/h2-9H,1H3,(H,23,25)(H,24,26). The summed E-state index contributed by atoms with van der Waals surface area (Å²) in [5.74, 6) is -0.540. The van der Waals surface area contributed by atoms with E-state index in [1.807, 2.05) is 30.3 Å². The van der Waals surface area contributed by atoms with E-state index in [-0.39, 0.29) is 5.69 Å². The third-order valence-corrected chi connectivity index (χ3v) is 4.96. The zero-order chi connectivity index (χ0) is 19.6. The molecule has 27 heavy (non-hydrogen) atoms. The molecule has 0 atom stereocenters. The van der Waals surface area contributed by atoms with Gasteiger partial charge in [0.15, 0.2) is 5.13 Å². The summed E-state index contributed by atoms with van der Waals surface area (Å²) in [7, 11) is 0. The van der Waals surface area contributed by atoms with Gasteiger partial charge in [-0.25, -0.2) is 4.98 Å². The van der Waals surface area contributed by atoms with E-state index in [1.165, 1.54) is 6.07 Å². The first-order valence-electron chi connectivity index (χ1n) is 7.71. The Bertz CT molecular complexity index is 974. The number of aryl methyl sites for hydroxylation is 1. The fraction of sp³-hybridized carbons (Fsp3) is 0.111. The van der Waals surface area contributed by atoms with E-state index in [1.54, 1.807) is 6.92 Å². The van der Waals surface area contributed by atoms with Crippen LogP contribution < -0.4 is 10.6 Å². The smallest absolute Gasteiger partial charge is 0.332 e. The van der Waals surface area contributed by atoms with Crippen LogP contribution in [0.1, 0.15) is 20.9 Å². The van der Waals surface area contributed by atoms with Crippen molar-refractivity contribution in [1.82, 2.24) is 4.98 Å². The highest BCUT2D eigenvalue weighted by Crippen LogP contribution is 2.36. The molecule has 3 rings (SSSR count). The topological polar surface area (TPSA) is 54.0 Å². The number of anilines is 3. The number of hydrogen-bond donors (Lipinski definition) is 2. The highest BCUT2D eigenvalue weighted by atomic mass is 35.5. The van der Waals surface area contributed by atoms with Crippen molar-refractivity contribution in [2.75, 3.05) is 10.6 Å². The van der Waals surface area contributed by atoms with Crippen molar-refractivity contribution in [2.45, 2.75) is 13.1 Å². The summed E-state index contributed by atoms with van der Waals surface area (Å²) in [6, 6.07) is 12.5. The van der Waals surface area contributed by atoms with Gasteiger partial charge in [0.1, 0.15) is 4.88 Å². The molecule has 0 aliphatic carbocycles. The first-order valence-corrected chi connectivity index (χ1v) is 8.91. The van der Waals surface area contributed by atoms with Crippen molar-refractivity contribution in [3.8, 4) is 0 Å². The van der Waals surface area contributed by atoms with Gasteiger partial charge in [0.25, 0.3) is 5.91 Å². The fourth-order valence-corrected chi connectivity index (χ4v) is 3.42. The lowest BCUT2D eigenvalue weighted by molar-refractivity contribution is -0.137. The van der Waals surface area contributed by atoms with E-state index in [4.69, 9.17) is 11.6 Å². The predicted molar refractivity (Wildman–Crippen MR) is 101 cm³/mol. The minimum atomic E-state index is -4.61. The zero-order valence-corrected chi connectivity index (χ0v) is 15.5. The molecule has 0 aliphatic rings. The molecule has 3 aromatic rings. The number of thiazole rings is 1. The molecule has 4 nitrogen and oxygen atoms in total. The number of para-hydroxylation sites is 1. The van der Waals surface area contributed by atoms with E-state index in [2.05, 4.69) is 15.6 Å². The molecule has 0 aliphatic heterocycles. The highest BCUT2D eigenvalue weighted by Gasteiger charge is 2.33. The largest absolute Gasteiger partial charge is 0.417 e. The maximum absolute atomic E-state index is 13.0. The van der Waals surface area contributed by atoms with Gasteiger partial charge < -0.3 is 10.6 Å². The average molecular weight is 412 g/mol. The van der Waals surface area contributed by atoms with Gasteiger partial charge in [0.2, 0.25) is 0 Å². The SMILES string of the molecule is Cc1nc(Nc2ccccc2)sc1C(=O)Nc1ccc(Cl)c(C(F)(F)F)c1. The van der Waals surface area contributed by atoms with E-state index >= 15 is 0 Å². The summed E-state index contributed by atoms with van der Waals surface area (Å²) in [6.07, 6.45) is -4.61. The van der Waals surface area contributed by atoms with E-state index in [9.17, 15) is 18.0 Å². The van der Waals surface area contributed by atoms with Crippen molar-refractivity contribution in [2.24, 2.45) is 0 Å². The van der Waals surface area contributed by atoms with Crippen LogP contribution in [0.4, 0.5) is 29.7 Å². The summed E-state index contributed by atoms with van der Waals surface area (Å²) >= 11 is 6.70. The number of nitrogens with zero attached hydrogens (tertiary/aromatic N) is 1. The van der Waals surface area contributed by atoms with Gasteiger partial charge in [0, 0.05) is 11.4 Å². The number of rotatable bonds is 4. The summed E-state index contributed by atoms with van der Waals surface area (Å²) < 4.78 is 38.9. The Balaban J connectivity index is 1.79. The molecule has 0 unspecified atom stereocenters. The number of amides is 1. The number of carbonyl (C=O) groups excluding carboxylic acids is 1. The molecule has 0 saturated heterocycles. The molecule has 9 heteroatoms. The first kappa shape index (κ1) is 19.2. The summed E-state index contributed by atoms with van der Waals surface area (Å²) in [6.45, 7) is 1.66. The van der Waals surface area contributed by atoms with Crippen molar-refractivity contribution >= 4 is 45.4 Å². The van der Waals surface area contributed by atoms with Crippen LogP contribution in [0.2, 0.25) is 5.02 Å². The maximum atomic E-state index is 13.0. The fourth-order valence-electron chi connectivity index (χ4n) is 2.31. The second-order valence-corrected chi connectivity index (χ2v) is 6.98. The summed E-state index contributed by atoms with van der Waals surface area (Å²) in [5.41, 5.74) is 0.281. The lowest BCUT2D eigenvalue weighted by atomic mass is 10.2. The molecule has 0 bridgehead atoms. The van der Waals surface area contributed by atoms with E-state index in [0.717, 1.165) is 29.2 Å². The van der Waals surface area contributed by atoms with Crippen LogP contribution in [-0.4, -0.2) is 10.9 Å². The van der Waals surface area contributed by atoms with Gasteiger partial charge >= 0.3 is 6.18 Å². The Morgan fingerprint density at radius 2 is 1.81 bits per heavy atom. The van der Waals surface area contributed by atoms with Crippen LogP contribution in [0.3, 0.4) is 0 Å². The Kier molecular flexibility index (Phi) is 5.38. The number of benzene rings is 2. The number of halogens is 4. The van der Waals surface area contributed by atoms with Gasteiger partial charge in [-0.1, -0.05) is 41.1 Å². The van der Waals surface area contributed by atoms with Crippen LogP contribution in [0, 0.1) is 6.92 Å². The average Bonchev–Trinajstić information content (AvgIpc) is 2.97. The predicted octanol–water partition coefficient (Wildman–Crippen LogP) is 6.12. The van der Waals surface area contributed by atoms with Crippen LogP contribution in [0.5, 0.6) is 0 Å². The quantitative estimate of drug-likeness (QED) is 0.543. The second kappa shape index (κ2) is 7.58. The van der Waals surface area contributed by atoms with E-state index < -0.39 is 22.7 Å².